The number of rotatable bonds is 3. The van der Waals surface area contributed by atoms with E-state index in [1.165, 1.54) is 6.07 Å². The lowest BCUT2D eigenvalue weighted by Crippen LogP contribution is -2.11. The van der Waals surface area contributed by atoms with Crippen LogP contribution in [0.5, 0.6) is 0 Å². The van der Waals surface area contributed by atoms with Gasteiger partial charge in [-0.1, -0.05) is 18.2 Å². The zero-order valence-corrected chi connectivity index (χ0v) is 12.0. The van der Waals surface area contributed by atoms with Crippen LogP contribution in [0.1, 0.15) is 9.67 Å². The van der Waals surface area contributed by atoms with Gasteiger partial charge in [-0.15, -0.1) is 11.3 Å². The molecule has 0 saturated heterocycles. The Kier molecular flexibility index (Phi) is 3.43. The summed E-state index contributed by atoms with van der Waals surface area (Å²) in [6.07, 6.45) is 1.15. The third kappa shape index (κ3) is 2.47. The molecule has 0 aliphatic heterocycles. The number of para-hydroxylation sites is 1. The van der Waals surface area contributed by atoms with Crippen molar-refractivity contribution in [2.24, 2.45) is 0 Å². The van der Waals surface area contributed by atoms with Crippen LogP contribution in [-0.2, 0) is 0 Å². The molecule has 0 fully saturated rings. The summed E-state index contributed by atoms with van der Waals surface area (Å²) >= 11 is 1.10. The Morgan fingerprint density at radius 3 is 2.73 bits per heavy atom. The number of nitro groups is 1. The van der Waals surface area contributed by atoms with E-state index in [1.807, 2.05) is 6.07 Å². The predicted molar refractivity (Wildman–Crippen MR) is 85.1 cm³/mol. The summed E-state index contributed by atoms with van der Waals surface area (Å²) in [7, 11) is 0. The molecule has 1 amide bonds. The van der Waals surface area contributed by atoms with Gasteiger partial charge in [-0.25, -0.2) is 4.98 Å². The Balaban J connectivity index is 1.99. The molecule has 0 bridgehead atoms. The lowest BCUT2D eigenvalue weighted by atomic mass is 10.2. The summed E-state index contributed by atoms with van der Waals surface area (Å²) in [5.74, 6) is -0.366. The van der Waals surface area contributed by atoms with Crippen molar-refractivity contribution < 1.29 is 9.72 Å². The fourth-order valence-corrected chi connectivity index (χ4v) is 2.91. The minimum Gasteiger partial charge on any atom is -0.397 e. The summed E-state index contributed by atoms with van der Waals surface area (Å²) in [4.78, 5) is 27.3. The maximum atomic E-state index is 12.3. The third-order valence-corrected chi connectivity index (χ3v) is 4.15. The SMILES string of the molecule is Nc1c(C(=O)Nc2ccccc2)sc2ncc([N+](=O)[O-])cc12. The van der Waals surface area contributed by atoms with Gasteiger partial charge in [0.2, 0.25) is 0 Å². The van der Waals surface area contributed by atoms with Crippen LogP contribution < -0.4 is 11.1 Å². The summed E-state index contributed by atoms with van der Waals surface area (Å²) in [5, 5.41) is 13.9. The molecular weight excluding hydrogens is 304 g/mol. The lowest BCUT2D eigenvalue weighted by molar-refractivity contribution is -0.385. The summed E-state index contributed by atoms with van der Waals surface area (Å²) in [6, 6.07) is 10.3. The van der Waals surface area contributed by atoms with Crippen molar-refractivity contribution >= 4 is 44.5 Å². The van der Waals surface area contributed by atoms with Gasteiger partial charge in [0.25, 0.3) is 11.6 Å². The van der Waals surface area contributed by atoms with E-state index >= 15 is 0 Å². The molecule has 110 valence electrons. The van der Waals surface area contributed by atoms with Crippen LogP contribution in [0.2, 0.25) is 0 Å². The fourth-order valence-electron chi connectivity index (χ4n) is 1.97. The number of aromatic nitrogens is 1. The van der Waals surface area contributed by atoms with Crippen LogP contribution in [0, 0.1) is 10.1 Å². The molecule has 3 N–H and O–H groups in total. The number of pyridine rings is 1. The largest absolute Gasteiger partial charge is 0.397 e. The minimum absolute atomic E-state index is 0.160. The molecule has 0 atom stereocenters. The molecular formula is C14H10N4O3S. The van der Waals surface area contributed by atoms with E-state index in [9.17, 15) is 14.9 Å². The molecule has 0 aliphatic carbocycles. The number of nitrogen functional groups attached to an aromatic ring is 1. The standard InChI is InChI=1S/C14H10N4O3S/c15-11-10-6-9(18(20)21)7-16-14(10)22-12(11)13(19)17-8-4-2-1-3-5-8/h1-7H,15H2,(H,17,19). The van der Waals surface area contributed by atoms with Crippen LogP contribution in [0.15, 0.2) is 42.6 Å². The minimum atomic E-state index is -0.548. The van der Waals surface area contributed by atoms with Gasteiger partial charge >= 0.3 is 0 Å². The summed E-state index contributed by atoms with van der Waals surface area (Å²) in [6.45, 7) is 0. The first-order valence-electron chi connectivity index (χ1n) is 6.25. The highest BCUT2D eigenvalue weighted by Gasteiger charge is 2.19. The number of hydrogen-bond acceptors (Lipinski definition) is 6. The number of anilines is 2. The van der Waals surface area contributed by atoms with Crippen molar-refractivity contribution in [3.63, 3.8) is 0 Å². The number of amides is 1. The van der Waals surface area contributed by atoms with Gasteiger partial charge < -0.3 is 11.1 Å². The number of carbonyl (C=O) groups excluding carboxylic acids is 1. The van der Waals surface area contributed by atoms with E-state index in [2.05, 4.69) is 10.3 Å². The Bertz CT molecular complexity index is 876. The molecule has 2 aromatic heterocycles. The number of nitrogens with one attached hydrogen (secondary N) is 1. The molecule has 0 unspecified atom stereocenters. The van der Waals surface area contributed by atoms with Gasteiger partial charge in [0, 0.05) is 17.1 Å². The van der Waals surface area contributed by atoms with Gasteiger partial charge in [0.15, 0.2) is 0 Å². The van der Waals surface area contributed by atoms with Gasteiger partial charge in [-0.2, -0.15) is 0 Å². The van der Waals surface area contributed by atoms with Crippen LogP contribution in [0.25, 0.3) is 10.2 Å². The van der Waals surface area contributed by atoms with Crippen LogP contribution in [0.3, 0.4) is 0 Å². The van der Waals surface area contributed by atoms with E-state index in [0.717, 1.165) is 17.5 Å². The average molecular weight is 314 g/mol. The highest BCUT2D eigenvalue weighted by molar-refractivity contribution is 7.21. The van der Waals surface area contributed by atoms with E-state index in [1.54, 1.807) is 24.3 Å². The normalized spacial score (nSPS) is 10.5. The van der Waals surface area contributed by atoms with Crippen molar-refractivity contribution in [1.82, 2.24) is 4.98 Å². The third-order valence-electron chi connectivity index (χ3n) is 3.02. The van der Waals surface area contributed by atoms with Crippen molar-refractivity contribution in [3.8, 4) is 0 Å². The fraction of sp³-hybridized carbons (Fsp3) is 0. The van der Waals surface area contributed by atoms with E-state index < -0.39 is 4.92 Å². The van der Waals surface area contributed by atoms with Crippen molar-refractivity contribution in [3.05, 3.63) is 57.6 Å². The second-order valence-electron chi connectivity index (χ2n) is 4.47. The molecule has 2 heterocycles. The molecule has 7 nitrogen and oxygen atoms in total. The zero-order chi connectivity index (χ0) is 15.7. The maximum absolute atomic E-state index is 12.3. The molecule has 1 aromatic carbocycles. The first kappa shape index (κ1) is 14.0. The Morgan fingerprint density at radius 2 is 2.05 bits per heavy atom. The molecule has 0 aliphatic rings. The topological polar surface area (TPSA) is 111 Å². The van der Waals surface area contributed by atoms with Crippen molar-refractivity contribution in [1.29, 1.82) is 0 Å². The number of nitrogens with zero attached hydrogens (tertiary/aromatic N) is 2. The Hall–Kier alpha value is -3.00. The van der Waals surface area contributed by atoms with Crippen LogP contribution in [0.4, 0.5) is 17.1 Å². The van der Waals surface area contributed by atoms with Crippen LogP contribution in [-0.4, -0.2) is 15.8 Å². The Labute approximate surface area is 128 Å². The number of thiophene rings is 1. The summed E-state index contributed by atoms with van der Waals surface area (Å²) in [5.41, 5.74) is 6.63. The first-order valence-corrected chi connectivity index (χ1v) is 7.06. The molecule has 0 saturated carbocycles. The lowest BCUT2D eigenvalue weighted by Gasteiger charge is -2.03. The molecule has 3 rings (SSSR count). The molecule has 3 aromatic rings. The first-order chi connectivity index (χ1) is 10.6. The van der Waals surface area contributed by atoms with Gasteiger partial charge in [-0.05, 0) is 12.1 Å². The van der Waals surface area contributed by atoms with E-state index in [0.29, 0.717) is 15.9 Å². The van der Waals surface area contributed by atoms with Gasteiger partial charge in [0.1, 0.15) is 15.9 Å². The Morgan fingerprint density at radius 1 is 1.32 bits per heavy atom. The van der Waals surface area contributed by atoms with Gasteiger partial charge in [0.05, 0.1) is 10.6 Å². The number of hydrogen-bond donors (Lipinski definition) is 2. The van der Waals surface area contributed by atoms with Crippen LogP contribution >= 0.6 is 11.3 Å². The second-order valence-corrected chi connectivity index (χ2v) is 5.47. The molecule has 0 spiro atoms. The number of nitrogens with two attached hydrogens (primary N) is 1. The highest BCUT2D eigenvalue weighted by Crippen LogP contribution is 2.34. The van der Waals surface area contributed by atoms with Gasteiger partial charge in [-0.3, -0.25) is 14.9 Å². The molecule has 22 heavy (non-hydrogen) atoms. The molecule has 8 heteroatoms. The predicted octanol–water partition coefficient (Wildman–Crippen LogP) is 3.04. The second kappa shape index (κ2) is 5.41. The number of benzene rings is 1. The average Bonchev–Trinajstić information content (AvgIpc) is 2.85. The number of fused-ring (bicyclic) bond motifs is 1. The van der Waals surface area contributed by atoms with E-state index in [4.69, 9.17) is 5.73 Å². The van der Waals surface area contributed by atoms with E-state index in [-0.39, 0.29) is 22.2 Å². The quantitative estimate of drug-likeness (QED) is 0.570. The highest BCUT2D eigenvalue weighted by atomic mass is 32.1. The smallest absolute Gasteiger partial charge is 0.288 e. The zero-order valence-electron chi connectivity index (χ0n) is 11.1. The maximum Gasteiger partial charge on any atom is 0.288 e. The monoisotopic (exact) mass is 314 g/mol. The van der Waals surface area contributed by atoms with Crippen molar-refractivity contribution in [2.45, 2.75) is 0 Å². The van der Waals surface area contributed by atoms with Crippen molar-refractivity contribution in [2.75, 3.05) is 11.1 Å². The molecule has 0 radical (unpaired) electrons. The summed E-state index contributed by atoms with van der Waals surface area (Å²) < 4.78 is 0. The number of carbonyl (C=O) groups is 1.